The highest BCUT2D eigenvalue weighted by molar-refractivity contribution is 9.10. The number of alkyl halides is 3. The average molecular weight is 1120 g/mol. The fourth-order valence-corrected chi connectivity index (χ4v) is 12.4. The van der Waals surface area contributed by atoms with Gasteiger partial charge in [0.05, 0.1) is 61.1 Å². The minimum absolute atomic E-state index is 0.0348. The quantitative estimate of drug-likeness (QED) is 0.0762. The maximum Gasteiger partial charge on any atom is 0.417 e. The Labute approximate surface area is 450 Å². The zero-order valence-corrected chi connectivity index (χ0v) is 45.1. The molecule has 412 valence electrons. The Hall–Kier alpha value is -5.51. The normalized spacial score (nSPS) is 25.3. The molecule has 0 bridgehead atoms. The zero-order valence-electron chi connectivity index (χ0n) is 43.5. The second kappa shape index (κ2) is 25.3. The maximum absolute atomic E-state index is 14.9. The van der Waals surface area contributed by atoms with Crippen LogP contribution in [-0.4, -0.2) is 120 Å². The van der Waals surface area contributed by atoms with E-state index in [0.717, 1.165) is 41.6 Å². The van der Waals surface area contributed by atoms with E-state index >= 15 is 0 Å². The molecule has 0 spiro atoms. The van der Waals surface area contributed by atoms with Crippen LogP contribution in [-0.2, 0) is 57.4 Å². The summed E-state index contributed by atoms with van der Waals surface area (Å²) >= 11 is 3.58. The number of aryl methyl sites for hydroxylation is 1. The summed E-state index contributed by atoms with van der Waals surface area (Å²) in [4.78, 5) is 90.9. The third kappa shape index (κ3) is 13.8. The van der Waals surface area contributed by atoms with Crippen LogP contribution in [0.2, 0.25) is 0 Å². The molecule has 6 amide bonds. The first-order valence-electron chi connectivity index (χ1n) is 26.7. The largest absolute Gasteiger partial charge is 0.417 e. The number of halogens is 4. The molecule has 1 saturated heterocycles. The average Bonchev–Trinajstić information content (AvgIpc) is 4.11. The van der Waals surface area contributed by atoms with Crippen LogP contribution in [0.3, 0.4) is 0 Å². The summed E-state index contributed by atoms with van der Waals surface area (Å²) in [7, 11) is 1.67. The molecule has 76 heavy (non-hydrogen) atoms. The number of amides is 6. The Kier molecular flexibility index (Phi) is 18.9. The Bertz CT molecular complexity index is 2570. The molecule has 5 N–H and O–H groups in total. The van der Waals surface area contributed by atoms with Crippen molar-refractivity contribution in [2.75, 3.05) is 53.1 Å². The van der Waals surface area contributed by atoms with Crippen LogP contribution in [0.4, 0.5) is 13.2 Å². The Morgan fingerprint density at radius 2 is 1.62 bits per heavy atom. The van der Waals surface area contributed by atoms with Crippen LogP contribution < -0.4 is 26.6 Å². The van der Waals surface area contributed by atoms with Gasteiger partial charge in [0.2, 0.25) is 35.4 Å². The van der Waals surface area contributed by atoms with Crippen molar-refractivity contribution in [1.29, 1.82) is 0 Å². The number of nitrogens with zero attached hydrogens (tertiary/aromatic N) is 4. The van der Waals surface area contributed by atoms with Gasteiger partial charge in [-0.25, -0.2) is 0 Å². The fraction of sp³-hybridized carbons (Fsp3) is 0.600. The third-order valence-corrected chi connectivity index (χ3v) is 16.7. The number of aromatic nitrogens is 2. The van der Waals surface area contributed by atoms with Gasteiger partial charge >= 0.3 is 6.18 Å². The number of hydrogen-bond donors (Lipinski definition) is 5. The zero-order chi connectivity index (χ0) is 54.1. The number of rotatable bonds is 21. The summed E-state index contributed by atoms with van der Waals surface area (Å²) in [5.41, 5.74) is 2.33. The molecule has 1 aromatic carbocycles. The van der Waals surface area contributed by atoms with Crippen molar-refractivity contribution in [2.24, 2.45) is 23.2 Å². The molecule has 17 nitrogen and oxygen atoms in total. The Balaban J connectivity index is 0.721. The molecular formula is C55H71BrF3N9O8. The maximum atomic E-state index is 14.9. The molecule has 6 atom stereocenters. The molecule has 5 aliphatic rings. The first-order chi connectivity index (χ1) is 36.4. The van der Waals surface area contributed by atoms with E-state index in [0.29, 0.717) is 44.2 Å². The number of nitrogens with one attached hydrogen (secondary N) is 5. The van der Waals surface area contributed by atoms with E-state index in [9.17, 15) is 41.9 Å². The highest BCUT2D eigenvalue weighted by Crippen LogP contribution is 2.48. The van der Waals surface area contributed by atoms with Crippen molar-refractivity contribution in [3.05, 3.63) is 93.0 Å². The minimum Gasteiger partial charge on any atom is -0.379 e. The van der Waals surface area contributed by atoms with Gasteiger partial charge in [-0.15, -0.1) is 0 Å². The van der Waals surface area contributed by atoms with Crippen LogP contribution in [0, 0.1) is 23.2 Å². The number of hydrogen-bond acceptors (Lipinski definition) is 11. The van der Waals surface area contributed by atoms with Gasteiger partial charge in [-0.3, -0.25) is 38.7 Å². The number of fused-ring (bicyclic) bond motifs is 2. The molecule has 2 aromatic heterocycles. The van der Waals surface area contributed by atoms with Gasteiger partial charge < -0.3 is 45.9 Å². The van der Waals surface area contributed by atoms with Gasteiger partial charge in [-0.1, -0.05) is 41.9 Å². The van der Waals surface area contributed by atoms with E-state index in [4.69, 9.17) is 9.47 Å². The molecule has 2 aliphatic heterocycles. The van der Waals surface area contributed by atoms with E-state index in [2.05, 4.69) is 70.7 Å². The SMILES string of the molecule is CC(C)[C@]1(C(=O)N2Cc3cc(C(F)(F)F)cnc3[C@H](NC(=O)C3CCC(NC(=O)CCOCCOCCNC(=O)CCNC(=O)[C@H]4CC(=O)N(C)[C@@H]4c4cccnc4)CC3)C2)CC[C@@H](N[C@@H]2CCc3cc(Br)ccc32)C1. The molecule has 21 heteroatoms. The predicted octanol–water partition coefficient (Wildman–Crippen LogP) is 6.17. The number of ether oxygens (including phenoxy) is 2. The van der Waals surface area contributed by atoms with Gasteiger partial charge in [-0.05, 0) is 110 Å². The second-order valence-corrected chi connectivity index (χ2v) is 22.3. The smallest absolute Gasteiger partial charge is 0.379 e. The lowest BCUT2D eigenvalue weighted by atomic mass is 9.73. The van der Waals surface area contributed by atoms with E-state index in [1.54, 1.807) is 35.3 Å². The molecule has 0 radical (unpaired) electrons. The van der Waals surface area contributed by atoms with Gasteiger partial charge in [0, 0.05) is 99.6 Å². The summed E-state index contributed by atoms with van der Waals surface area (Å²) in [6.45, 7) is 5.43. The number of carbonyl (C=O) groups excluding carboxylic acids is 6. The van der Waals surface area contributed by atoms with E-state index in [1.807, 2.05) is 19.9 Å². The standard InChI is InChI=1S/C55H71BrF3N9O8/c1-33(2)54(17-14-41(28-54)64-44-13-8-35-26-39(56)9-12-42(35)44)53(74)68-31-37-25-38(55(57,58)59)30-63-49(37)45(32-68)66-51(72)34-6-10-40(11-7-34)65-47(70)16-21-75-23-24-76-22-20-61-46(69)15-19-62-52(73)43-27-48(71)67(3)50(43)36-5-4-18-60-29-36/h4-5,9,12,18,25-26,29-30,33-34,40-41,43-45,50,64H,6-8,10-11,13-17,19-24,27-28,31-32H2,1-3H3,(H,61,69)(H,62,73)(H,65,70)(H,66,72)/t34?,40?,41-,43+,44-,45-,50-,54+/m1/s1. The molecule has 3 fully saturated rings. The molecule has 3 aromatic rings. The van der Waals surface area contributed by atoms with Gasteiger partial charge in [0.25, 0.3) is 0 Å². The van der Waals surface area contributed by atoms with E-state index in [1.165, 1.54) is 11.1 Å². The first kappa shape index (κ1) is 56.7. The summed E-state index contributed by atoms with van der Waals surface area (Å²) in [5, 5.41) is 15.5. The predicted molar refractivity (Wildman–Crippen MR) is 277 cm³/mol. The van der Waals surface area contributed by atoms with E-state index < -0.39 is 41.1 Å². The van der Waals surface area contributed by atoms with Crippen molar-refractivity contribution in [3.63, 3.8) is 0 Å². The summed E-state index contributed by atoms with van der Waals surface area (Å²) in [5.74, 6) is -2.25. The molecule has 4 heterocycles. The Morgan fingerprint density at radius 1 is 0.842 bits per heavy atom. The topological polar surface area (TPSA) is 213 Å². The number of benzene rings is 1. The highest BCUT2D eigenvalue weighted by atomic mass is 79.9. The minimum atomic E-state index is -4.64. The van der Waals surface area contributed by atoms with Crippen molar-refractivity contribution >= 4 is 51.4 Å². The highest BCUT2D eigenvalue weighted by Gasteiger charge is 2.51. The number of likely N-dealkylation sites (tertiary alicyclic amines) is 1. The third-order valence-electron chi connectivity index (χ3n) is 16.2. The van der Waals surface area contributed by atoms with Crippen molar-refractivity contribution < 1.29 is 51.4 Å². The van der Waals surface area contributed by atoms with Crippen molar-refractivity contribution in [3.8, 4) is 0 Å². The van der Waals surface area contributed by atoms with Crippen LogP contribution in [0.15, 0.2) is 59.5 Å². The van der Waals surface area contributed by atoms with Gasteiger partial charge in [0.15, 0.2) is 0 Å². The fourth-order valence-electron chi connectivity index (χ4n) is 12.0. The van der Waals surface area contributed by atoms with Crippen molar-refractivity contribution in [2.45, 2.75) is 134 Å². The van der Waals surface area contributed by atoms with Crippen LogP contribution >= 0.6 is 15.9 Å². The Morgan fingerprint density at radius 3 is 2.36 bits per heavy atom. The molecule has 3 aliphatic carbocycles. The van der Waals surface area contributed by atoms with E-state index in [-0.39, 0.29) is 137 Å². The molecular weight excluding hydrogens is 1050 g/mol. The summed E-state index contributed by atoms with van der Waals surface area (Å²) in [6.07, 6.45) is 5.81. The van der Waals surface area contributed by atoms with Crippen molar-refractivity contribution in [1.82, 2.24) is 46.4 Å². The molecule has 0 unspecified atom stereocenters. The lowest BCUT2D eigenvalue weighted by Gasteiger charge is -2.42. The van der Waals surface area contributed by atoms with Gasteiger partial charge in [-0.2, -0.15) is 13.2 Å². The molecule has 8 rings (SSSR count). The van der Waals surface area contributed by atoms with Crippen LogP contribution in [0.25, 0.3) is 0 Å². The first-order valence-corrected chi connectivity index (χ1v) is 27.5. The second-order valence-electron chi connectivity index (χ2n) is 21.4. The number of pyridine rings is 2. The monoisotopic (exact) mass is 1120 g/mol. The molecule has 2 saturated carbocycles. The van der Waals surface area contributed by atoms with Gasteiger partial charge in [0.1, 0.15) is 0 Å². The lowest BCUT2D eigenvalue weighted by Crippen LogP contribution is -2.52. The lowest BCUT2D eigenvalue weighted by molar-refractivity contribution is -0.147. The summed E-state index contributed by atoms with van der Waals surface area (Å²) in [6, 6.07) is 9.94. The van der Waals surface area contributed by atoms with Crippen LogP contribution in [0.1, 0.15) is 136 Å². The van der Waals surface area contributed by atoms with Crippen LogP contribution in [0.5, 0.6) is 0 Å². The number of carbonyl (C=O) groups is 6. The summed E-state index contributed by atoms with van der Waals surface area (Å²) < 4.78 is 54.2.